The smallest absolute Gasteiger partial charge is 0.319 e. The lowest BCUT2D eigenvalue weighted by atomic mass is 10.1. The van der Waals surface area contributed by atoms with Crippen molar-refractivity contribution >= 4 is 39.4 Å². The molecule has 0 spiro atoms. The van der Waals surface area contributed by atoms with Gasteiger partial charge in [0.25, 0.3) is 15.9 Å². The van der Waals surface area contributed by atoms with Crippen LogP contribution in [-0.2, 0) is 27.8 Å². The van der Waals surface area contributed by atoms with Crippen LogP contribution in [0.5, 0.6) is 0 Å². The topological polar surface area (TPSA) is 116 Å². The SMILES string of the molecule is Cc1ccc(S(=O)(=O)NC(=O)N(CCc2ccccc2)Cc2ccc(C=CC(=O)NO)s2)cc1. The van der Waals surface area contributed by atoms with E-state index in [4.69, 9.17) is 5.21 Å². The van der Waals surface area contributed by atoms with Crippen molar-refractivity contribution in [1.29, 1.82) is 0 Å². The number of urea groups is 1. The summed E-state index contributed by atoms with van der Waals surface area (Å²) < 4.78 is 27.7. The van der Waals surface area contributed by atoms with Crippen LogP contribution < -0.4 is 10.2 Å². The van der Waals surface area contributed by atoms with Crippen molar-refractivity contribution in [2.45, 2.75) is 24.8 Å². The Morgan fingerprint density at radius 3 is 2.41 bits per heavy atom. The molecule has 0 aliphatic carbocycles. The first-order valence-corrected chi connectivity index (χ1v) is 12.7. The molecule has 0 radical (unpaired) electrons. The van der Waals surface area contributed by atoms with Gasteiger partial charge in [0.1, 0.15) is 0 Å². The van der Waals surface area contributed by atoms with Gasteiger partial charge in [0, 0.05) is 22.4 Å². The van der Waals surface area contributed by atoms with Gasteiger partial charge in [-0.3, -0.25) is 10.0 Å². The summed E-state index contributed by atoms with van der Waals surface area (Å²) >= 11 is 1.35. The highest BCUT2D eigenvalue weighted by Crippen LogP contribution is 2.20. The number of thiophene rings is 1. The van der Waals surface area contributed by atoms with E-state index in [1.54, 1.807) is 24.3 Å². The van der Waals surface area contributed by atoms with E-state index < -0.39 is 22.0 Å². The first-order valence-electron chi connectivity index (χ1n) is 10.4. The van der Waals surface area contributed by atoms with Crippen molar-refractivity contribution in [1.82, 2.24) is 15.1 Å². The number of amides is 3. The fraction of sp³-hybridized carbons (Fsp3) is 0.167. The number of hydrogen-bond donors (Lipinski definition) is 3. The lowest BCUT2D eigenvalue weighted by molar-refractivity contribution is -0.124. The summed E-state index contributed by atoms with van der Waals surface area (Å²) in [6.45, 7) is 2.34. The summed E-state index contributed by atoms with van der Waals surface area (Å²) in [4.78, 5) is 27.2. The molecule has 2 aromatic carbocycles. The van der Waals surface area contributed by atoms with Gasteiger partial charge in [-0.05, 0) is 49.2 Å². The van der Waals surface area contributed by atoms with Gasteiger partial charge in [-0.15, -0.1) is 11.3 Å². The number of rotatable bonds is 9. The predicted octanol–water partition coefficient (Wildman–Crippen LogP) is 3.72. The molecule has 34 heavy (non-hydrogen) atoms. The zero-order valence-corrected chi connectivity index (χ0v) is 20.1. The Hall–Kier alpha value is -3.47. The maximum absolute atomic E-state index is 13.0. The molecule has 0 saturated carbocycles. The highest BCUT2D eigenvalue weighted by atomic mass is 32.2. The van der Waals surface area contributed by atoms with Crippen molar-refractivity contribution in [2.24, 2.45) is 0 Å². The molecule has 1 heterocycles. The second kappa shape index (κ2) is 11.6. The molecule has 10 heteroatoms. The summed E-state index contributed by atoms with van der Waals surface area (Å²) in [5.74, 6) is -0.653. The van der Waals surface area contributed by atoms with Crippen LogP contribution in [0.2, 0.25) is 0 Å². The lowest BCUT2D eigenvalue weighted by Crippen LogP contribution is -2.43. The normalized spacial score (nSPS) is 11.4. The lowest BCUT2D eigenvalue weighted by Gasteiger charge is -2.22. The molecule has 3 amide bonds. The van der Waals surface area contributed by atoms with Crippen molar-refractivity contribution < 1.29 is 23.2 Å². The number of hydrogen-bond acceptors (Lipinski definition) is 6. The van der Waals surface area contributed by atoms with Gasteiger partial charge in [0.05, 0.1) is 11.4 Å². The molecule has 8 nitrogen and oxygen atoms in total. The number of nitrogens with one attached hydrogen (secondary N) is 2. The molecule has 0 unspecified atom stereocenters. The van der Waals surface area contributed by atoms with Crippen molar-refractivity contribution in [2.75, 3.05) is 6.54 Å². The third-order valence-electron chi connectivity index (χ3n) is 4.89. The summed E-state index contributed by atoms with van der Waals surface area (Å²) in [6.07, 6.45) is 3.27. The number of nitrogens with zero attached hydrogens (tertiary/aromatic N) is 1. The zero-order valence-electron chi connectivity index (χ0n) is 18.5. The molecule has 3 rings (SSSR count). The van der Waals surface area contributed by atoms with E-state index in [1.165, 1.54) is 46.0 Å². The van der Waals surface area contributed by atoms with Gasteiger partial charge >= 0.3 is 6.03 Å². The molecule has 0 aliphatic rings. The van der Waals surface area contributed by atoms with Crippen LogP contribution in [-0.4, -0.2) is 37.0 Å². The van der Waals surface area contributed by atoms with Crippen LogP contribution >= 0.6 is 11.3 Å². The number of carbonyl (C=O) groups is 2. The predicted molar refractivity (Wildman–Crippen MR) is 131 cm³/mol. The third-order valence-corrected chi connectivity index (χ3v) is 7.26. The van der Waals surface area contributed by atoms with Crippen LogP contribution in [0.3, 0.4) is 0 Å². The maximum Gasteiger partial charge on any atom is 0.331 e. The second-order valence-corrected chi connectivity index (χ2v) is 10.4. The average Bonchev–Trinajstić information content (AvgIpc) is 3.28. The molecular formula is C24H25N3O5S2. The molecule has 0 fully saturated rings. The Morgan fingerprint density at radius 2 is 1.74 bits per heavy atom. The Kier molecular flexibility index (Phi) is 8.58. The van der Waals surface area contributed by atoms with E-state index in [2.05, 4.69) is 4.72 Å². The molecule has 0 aliphatic heterocycles. The fourth-order valence-electron chi connectivity index (χ4n) is 3.07. The Bertz CT molecular complexity index is 1250. The van der Waals surface area contributed by atoms with Crippen LogP contribution in [0.4, 0.5) is 4.79 Å². The fourth-order valence-corrected chi connectivity index (χ4v) is 4.97. The molecule has 1 aromatic heterocycles. The van der Waals surface area contributed by atoms with Gasteiger partial charge in [-0.2, -0.15) is 0 Å². The first kappa shape index (κ1) is 25.2. The zero-order chi connectivity index (χ0) is 24.6. The number of sulfonamides is 1. The van der Waals surface area contributed by atoms with Gasteiger partial charge in [0.2, 0.25) is 0 Å². The Balaban J connectivity index is 1.76. The van der Waals surface area contributed by atoms with Crippen molar-refractivity contribution in [3.8, 4) is 0 Å². The minimum Gasteiger partial charge on any atom is -0.319 e. The molecule has 3 aromatic rings. The summed E-state index contributed by atoms with van der Waals surface area (Å²) in [5, 5.41) is 8.59. The molecule has 0 bridgehead atoms. The highest BCUT2D eigenvalue weighted by Gasteiger charge is 2.22. The van der Waals surface area contributed by atoms with Crippen LogP contribution in [0, 0.1) is 6.92 Å². The molecule has 178 valence electrons. The summed E-state index contributed by atoms with van der Waals surface area (Å²) in [7, 11) is -4.03. The molecule has 0 atom stereocenters. The van der Waals surface area contributed by atoms with E-state index in [1.807, 2.05) is 37.3 Å². The van der Waals surface area contributed by atoms with Crippen molar-refractivity contribution in [3.63, 3.8) is 0 Å². The van der Waals surface area contributed by atoms with Gasteiger partial charge in [-0.25, -0.2) is 23.4 Å². The monoisotopic (exact) mass is 499 g/mol. The number of carbonyl (C=O) groups excluding carboxylic acids is 2. The number of aryl methyl sites for hydroxylation is 1. The molecule has 3 N–H and O–H groups in total. The Morgan fingerprint density at radius 1 is 1.03 bits per heavy atom. The van der Waals surface area contributed by atoms with E-state index >= 15 is 0 Å². The molecular weight excluding hydrogens is 474 g/mol. The largest absolute Gasteiger partial charge is 0.331 e. The summed E-state index contributed by atoms with van der Waals surface area (Å²) in [5.41, 5.74) is 3.45. The Labute approximate surface area is 202 Å². The van der Waals surface area contributed by atoms with Crippen LogP contribution in [0.1, 0.15) is 20.9 Å². The maximum atomic E-state index is 13.0. The number of hydroxylamine groups is 1. The van der Waals surface area contributed by atoms with E-state index in [-0.39, 0.29) is 11.4 Å². The second-order valence-electron chi connectivity index (χ2n) is 7.49. The van der Waals surface area contributed by atoms with E-state index in [9.17, 15) is 18.0 Å². The van der Waals surface area contributed by atoms with Gasteiger partial charge < -0.3 is 4.90 Å². The van der Waals surface area contributed by atoms with Gasteiger partial charge in [-0.1, -0.05) is 48.0 Å². The van der Waals surface area contributed by atoms with Crippen molar-refractivity contribution in [3.05, 3.63) is 93.7 Å². The van der Waals surface area contributed by atoms with Crippen LogP contribution in [0.15, 0.2) is 77.7 Å². The third kappa shape index (κ3) is 7.27. The summed E-state index contributed by atoms with van der Waals surface area (Å²) in [6, 6.07) is 18.7. The van der Waals surface area contributed by atoms with Gasteiger partial charge in [0.15, 0.2) is 0 Å². The standard InChI is InChI=1S/C24H25N3O5S2/c1-18-7-12-22(13-8-18)34(31,32)26-24(29)27(16-15-19-5-3-2-4-6-19)17-21-10-9-20(33-21)11-14-23(28)25-30/h2-14,30H,15-17H2,1H3,(H,25,28)(H,26,29). The minimum atomic E-state index is -4.03. The quantitative estimate of drug-likeness (QED) is 0.236. The highest BCUT2D eigenvalue weighted by molar-refractivity contribution is 7.90. The van der Waals surface area contributed by atoms with Crippen LogP contribution in [0.25, 0.3) is 6.08 Å². The minimum absolute atomic E-state index is 0.0140. The first-order chi connectivity index (χ1) is 16.3. The van der Waals surface area contributed by atoms with E-state index in [0.717, 1.165) is 20.9 Å². The van der Waals surface area contributed by atoms with E-state index in [0.29, 0.717) is 13.0 Å². The average molecular weight is 500 g/mol. The number of benzene rings is 2. The molecule has 0 saturated heterocycles.